The van der Waals surface area contributed by atoms with Crippen LogP contribution in [0.3, 0.4) is 0 Å². The first-order valence-corrected chi connectivity index (χ1v) is 4.79. The molecule has 1 aliphatic heterocycles. The van der Waals surface area contributed by atoms with Crippen molar-refractivity contribution in [2.24, 2.45) is 5.92 Å². The van der Waals surface area contributed by atoms with Crippen LogP contribution in [0.4, 0.5) is 0 Å². The van der Waals surface area contributed by atoms with Gasteiger partial charge in [0.15, 0.2) is 6.54 Å². The van der Waals surface area contributed by atoms with Crippen molar-refractivity contribution in [3.8, 4) is 0 Å². The maximum Gasteiger partial charge on any atom is 0.156 e. The van der Waals surface area contributed by atoms with Crippen LogP contribution in [0.1, 0.15) is 13.3 Å². The number of rotatable bonds is 2. The maximum atomic E-state index is 10.8. The zero-order chi connectivity index (χ0) is 7.40. The van der Waals surface area contributed by atoms with E-state index < -0.39 is 0 Å². The van der Waals surface area contributed by atoms with Gasteiger partial charge in [-0.25, -0.2) is 4.74 Å². The Morgan fingerprint density at radius 1 is 1.80 bits per heavy atom. The number of nitrogens with zero attached hydrogens (tertiary/aromatic N) is 1. The van der Waals surface area contributed by atoms with Gasteiger partial charge in [-0.3, -0.25) is 0 Å². The van der Waals surface area contributed by atoms with Crippen molar-refractivity contribution in [3.05, 3.63) is 5.21 Å². The summed E-state index contributed by atoms with van der Waals surface area (Å²) >= 11 is 1.96. The number of hydroxylamine groups is 1. The molecule has 0 spiro atoms. The molecule has 1 unspecified atom stereocenters. The molecular weight excluding hydrogens is 146 g/mol. The summed E-state index contributed by atoms with van der Waals surface area (Å²) < 4.78 is 1.04. The molecule has 3 heteroatoms. The number of hydrogen-bond donors (Lipinski definition) is 0. The van der Waals surface area contributed by atoms with Crippen molar-refractivity contribution in [2.75, 3.05) is 18.1 Å². The van der Waals surface area contributed by atoms with Gasteiger partial charge in [-0.1, -0.05) is 0 Å². The number of hydrogen-bond acceptors (Lipinski definition) is 2. The van der Waals surface area contributed by atoms with Crippen LogP contribution in [0.15, 0.2) is 0 Å². The molecule has 1 aliphatic rings. The average molecular weight is 159 g/mol. The van der Waals surface area contributed by atoms with Gasteiger partial charge in [0.25, 0.3) is 0 Å². The molecule has 0 saturated carbocycles. The fourth-order valence-corrected chi connectivity index (χ4v) is 2.36. The van der Waals surface area contributed by atoms with Gasteiger partial charge >= 0.3 is 0 Å². The van der Waals surface area contributed by atoms with Crippen molar-refractivity contribution >= 4 is 18.0 Å². The predicted molar refractivity (Wildman–Crippen MR) is 45.7 cm³/mol. The van der Waals surface area contributed by atoms with Gasteiger partial charge in [0.2, 0.25) is 0 Å². The fourth-order valence-electron chi connectivity index (χ4n) is 1.09. The Labute approximate surface area is 65.9 Å². The highest BCUT2D eigenvalue weighted by atomic mass is 32.2. The van der Waals surface area contributed by atoms with Crippen LogP contribution in [0.2, 0.25) is 0 Å². The summed E-state index contributed by atoms with van der Waals surface area (Å²) in [5.74, 6) is 3.05. The largest absolute Gasteiger partial charge is 0.624 e. The second-order valence-corrected chi connectivity index (χ2v) is 3.74. The molecule has 58 valence electrons. The molecule has 1 fully saturated rings. The van der Waals surface area contributed by atoms with Crippen LogP contribution in [-0.2, 0) is 0 Å². The minimum Gasteiger partial charge on any atom is -0.624 e. The first-order chi connectivity index (χ1) is 4.83. The van der Waals surface area contributed by atoms with E-state index in [1.807, 2.05) is 11.8 Å². The lowest BCUT2D eigenvalue weighted by Crippen LogP contribution is -2.15. The molecule has 0 radical (unpaired) electrons. The zero-order valence-electron chi connectivity index (χ0n) is 6.25. The van der Waals surface area contributed by atoms with E-state index in [4.69, 9.17) is 0 Å². The lowest BCUT2D eigenvalue weighted by Gasteiger charge is -2.07. The molecule has 0 N–H and O–H groups in total. The first-order valence-electron chi connectivity index (χ1n) is 3.64. The van der Waals surface area contributed by atoms with E-state index in [1.165, 1.54) is 17.9 Å². The quantitative estimate of drug-likeness (QED) is 0.263. The lowest BCUT2D eigenvalue weighted by molar-refractivity contribution is -0.460. The summed E-state index contributed by atoms with van der Waals surface area (Å²) in [4.78, 5) is 0. The highest BCUT2D eigenvalue weighted by Gasteiger charge is 2.17. The highest BCUT2D eigenvalue weighted by molar-refractivity contribution is 7.99. The van der Waals surface area contributed by atoms with Crippen LogP contribution in [0, 0.1) is 11.1 Å². The minimum atomic E-state index is 0.638. The molecule has 1 saturated heterocycles. The second kappa shape index (κ2) is 3.86. The Morgan fingerprint density at radius 2 is 2.60 bits per heavy atom. The smallest absolute Gasteiger partial charge is 0.156 e. The molecular formula is C7H13NOS. The third kappa shape index (κ3) is 2.21. The summed E-state index contributed by atoms with van der Waals surface area (Å²) in [6.07, 6.45) is 2.82. The van der Waals surface area contributed by atoms with Gasteiger partial charge in [0.1, 0.15) is 6.21 Å². The Bertz CT molecular complexity index is 130. The van der Waals surface area contributed by atoms with Gasteiger partial charge in [-0.15, -0.1) is 0 Å². The van der Waals surface area contributed by atoms with Crippen LogP contribution in [-0.4, -0.2) is 29.0 Å². The third-order valence-corrected chi connectivity index (χ3v) is 2.98. The molecule has 0 aromatic heterocycles. The second-order valence-electron chi connectivity index (χ2n) is 2.59. The topological polar surface area (TPSA) is 26.1 Å². The molecule has 2 nitrogen and oxygen atoms in total. The average Bonchev–Trinajstić information content (AvgIpc) is 2.40. The Balaban J connectivity index is 2.24. The molecule has 1 rings (SSSR count). The Kier molecular flexibility index (Phi) is 3.06. The summed E-state index contributed by atoms with van der Waals surface area (Å²) in [6, 6.07) is 0. The molecule has 1 atom stereocenters. The summed E-state index contributed by atoms with van der Waals surface area (Å²) in [6.45, 7) is 2.48. The Hall–Kier alpha value is -0.180. The van der Waals surface area contributed by atoms with E-state index in [9.17, 15) is 5.21 Å². The third-order valence-electron chi connectivity index (χ3n) is 1.75. The van der Waals surface area contributed by atoms with E-state index in [-0.39, 0.29) is 0 Å². The monoisotopic (exact) mass is 159 g/mol. The van der Waals surface area contributed by atoms with Gasteiger partial charge < -0.3 is 5.21 Å². The molecule has 0 bridgehead atoms. The normalized spacial score (nSPS) is 27.3. The Morgan fingerprint density at radius 3 is 3.10 bits per heavy atom. The van der Waals surface area contributed by atoms with Crippen LogP contribution in [0.5, 0.6) is 0 Å². The van der Waals surface area contributed by atoms with Gasteiger partial charge in [-0.2, -0.15) is 11.8 Å². The van der Waals surface area contributed by atoms with Crippen molar-refractivity contribution in [2.45, 2.75) is 13.3 Å². The molecule has 0 aliphatic carbocycles. The van der Waals surface area contributed by atoms with Gasteiger partial charge in [0.05, 0.1) is 0 Å². The standard InChI is InChI=1S/C7H13NOS/c1-2-8(9)5-7-3-4-10-6-7/h2,7H,3-6H2,1H3/b8-2-. The van der Waals surface area contributed by atoms with E-state index in [1.54, 1.807) is 13.1 Å². The summed E-state index contributed by atoms with van der Waals surface area (Å²) in [7, 11) is 0. The van der Waals surface area contributed by atoms with Crippen molar-refractivity contribution < 1.29 is 4.74 Å². The predicted octanol–water partition coefficient (Wildman–Crippen LogP) is 1.34. The fraction of sp³-hybridized carbons (Fsp3) is 0.857. The molecule has 0 amide bonds. The van der Waals surface area contributed by atoms with E-state index in [0.717, 1.165) is 4.74 Å². The maximum absolute atomic E-state index is 10.8. The lowest BCUT2D eigenvalue weighted by atomic mass is 10.1. The van der Waals surface area contributed by atoms with Crippen LogP contribution < -0.4 is 0 Å². The molecule has 10 heavy (non-hydrogen) atoms. The molecule has 0 aromatic rings. The van der Waals surface area contributed by atoms with Gasteiger partial charge in [-0.05, 0) is 12.2 Å². The molecule has 0 aromatic carbocycles. The first kappa shape index (κ1) is 7.92. The summed E-state index contributed by atoms with van der Waals surface area (Å²) in [5, 5.41) is 10.8. The van der Waals surface area contributed by atoms with E-state index in [2.05, 4.69) is 0 Å². The van der Waals surface area contributed by atoms with E-state index >= 15 is 0 Å². The molecule has 1 heterocycles. The summed E-state index contributed by atoms with van der Waals surface area (Å²) in [5.41, 5.74) is 0. The van der Waals surface area contributed by atoms with Crippen molar-refractivity contribution in [3.63, 3.8) is 0 Å². The zero-order valence-corrected chi connectivity index (χ0v) is 7.06. The van der Waals surface area contributed by atoms with Gasteiger partial charge in [0, 0.05) is 18.6 Å². The minimum absolute atomic E-state index is 0.638. The van der Waals surface area contributed by atoms with Crippen LogP contribution in [0.25, 0.3) is 0 Å². The van der Waals surface area contributed by atoms with Crippen molar-refractivity contribution in [1.29, 1.82) is 0 Å². The van der Waals surface area contributed by atoms with Crippen molar-refractivity contribution in [1.82, 2.24) is 0 Å². The number of thioether (sulfide) groups is 1. The SMILES string of the molecule is C/C=[N+](\[O-])CC1CCSC1. The highest BCUT2D eigenvalue weighted by Crippen LogP contribution is 2.22. The van der Waals surface area contributed by atoms with Crippen LogP contribution >= 0.6 is 11.8 Å². The van der Waals surface area contributed by atoms with E-state index in [0.29, 0.717) is 12.5 Å².